The summed E-state index contributed by atoms with van der Waals surface area (Å²) in [5.74, 6) is 0. The molecule has 0 aliphatic carbocycles. The van der Waals surface area contributed by atoms with Crippen molar-refractivity contribution in [3.63, 3.8) is 0 Å². The molecule has 2 N–H and O–H groups in total. The molecule has 0 unspecified atom stereocenters. The molecule has 0 amide bonds. The van der Waals surface area contributed by atoms with Gasteiger partial charge in [-0.3, -0.25) is 4.90 Å². The van der Waals surface area contributed by atoms with Gasteiger partial charge in [0.15, 0.2) is 0 Å². The van der Waals surface area contributed by atoms with Gasteiger partial charge in [-0.05, 0) is 41.7 Å². The van der Waals surface area contributed by atoms with Gasteiger partial charge in [-0.25, -0.2) is 0 Å². The number of aliphatic hydroxyl groups is 1. The molecule has 0 aliphatic rings. The summed E-state index contributed by atoms with van der Waals surface area (Å²) in [5, 5.41) is 12.3. The average Bonchev–Trinajstić information content (AvgIpc) is 2.15. The van der Waals surface area contributed by atoms with Crippen LogP contribution in [0.5, 0.6) is 0 Å². The third-order valence-electron chi connectivity index (χ3n) is 2.83. The first-order valence-corrected chi connectivity index (χ1v) is 6.34. The molecular formula is C13H30N2O2. The fourth-order valence-corrected chi connectivity index (χ4v) is 1.38. The monoisotopic (exact) mass is 246 g/mol. The van der Waals surface area contributed by atoms with Crippen molar-refractivity contribution in [1.82, 2.24) is 10.2 Å². The highest BCUT2D eigenvalue weighted by Gasteiger charge is 2.23. The van der Waals surface area contributed by atoms with Crippen molar-refractivity contribution in [2.75, 3.05) is 40.0 Å². The van der Waals surface area contributed by atoms with Crippen LogP contribution in [0.25, 0.3) is 0 Å². The minimum atomic E-state index is -0.0372. The standard InChI is InChI=1S/C13H30N2O2/c1-12(2,3)14-7-10-17-11-13(4,5)15(6)8-9-16/h14,16H,7-11H2,1-6H3. The van der Waals surface area contributed by atoms with E-state index in [0.717, 1.165) is 6.54 Å². The highest BCUT2D eigenvalue weighted by atomic mass is 16.5. The molecule has 0 aromatic heterocycles. The topological polar surface area (TPSA) is 44.7 Å². The maximum absolute atomic E-state index is 8.91. The van der Waals surface area contributed by atoms with Crippen LogP contribution in [0.4, 0.5) is 0 Å². The van der Waals surface area contributed by atoms with Gasteiger partial charge in [-0.15, -0.1) is 0 Å². The van der Waals surface area contributed by atoms with Crippen LogP contribution < -0.4 is 5.32 Å². The number of hydrogen-bond donors (Lipinski definition) is 2. The molecule has 0 aromatic carbocycles. The van der Waals surface area contributed by atoms with Crippen LogP contribution in [-0.4, -0.2) is 61.0 Å². The number of hydrogen-bond acceptors (Lipinski definition) is 4. The normalized spacial score (nSPS) is 13.4. The summed E-state index contributed by atoms with van der Waals surface area (Å²) >= 11 is 0. The third-order valence-corrected chi connectivity index (χ3v) is 2.83. The number of nitrogens with zero attached hydrogens (tertiary/aromatic N) is 1. The molecular weight excluding hydrogens is 216 g/mol. The van der Waals surface area contributed by atoms with E-state index in [2.05, 4.69) is 44.8 Å². The molecule has 0 saturated heterocycles. The zero-order chi connectivity index (χ0) is 13.5. The maximum Gasteiger partial charge on any atom is 0.0645 e. The predicted octanol–water partition coefficient (Wildman–Crippen LogP) is 1.09. The Morgan fingerprint density at radius 1 is 1.18 bits per heavy atom. The van der Waals surface area contributed by atoms with Gasteiger partial charge in [0.25, 0.3) is 0 Å². The lowest BCUT2D eigenvalue weighted by Gasteiger charge is -2.35. The van der Waals surface area contributed by atoms with E-state index in [-0.39, 0.29) is 17.7 Å². The highest BCUT2D eigenvalue weighted by molar-refractivity contribution is 4.78. The van der Waals surface area contributed by atoms with Gasteiger partial charge in [0.1, 0.15) is 0 Å². The van der Waals surface area contributed by atoms with Gasteiger partial charge in [0.05, 0.1) is 19.8 Å². The predicted molar refractivity (Wildman–Crippen MR) is 72.4 cm³/mol. The van der Waals surface area contributed by atoms with E-state index in [9.17, 15) is 0 Å². The van der Waals surface area contributed by atoms with E-state index < -0.39 is 0 Å². The van der Waals surface area contributed by atoms with Gasteiger partial charge in [0.2, 0.25) is 0 Å². The first-order chi connectivity index (χ1) is 7.69. The summed E-state index contributed by atoms with van der Waals surface area (Å²) < 4.78 is 5.68. The van der Waals surface area contributed by atoms with Gasteiger partial charge in [-0.2, -0.15) is 0 Å². The molecule has 17 heavy (non-hydrogen) atoms. The van der Waals surface area contributed by atoms with Crippen molar-refractivity contribution < 1.29 is 9.84 Å². The first-order valence-electron chi connectivity index (χ1n) is 6.34. The van der Waals surface area contributed by atoms with E-state index in [1.165, 1.54) is 0 Å². The third kappa shape index (κ3) is 8.55. The second kappa shape index (κ2) is 7.31. The van der Waals surface area contributed by atoms with E-state index in [0.29, 0.717) is 19.8 Å². The summed E-state index contributed by atoms with van der Waals surface area (Å²) in [7, 11) is 2.01. The molecule has 4 nitrogen and oxygen atoms in total. The highest BCUT2D eigenvalue weighted by Crippen LogP contribution is 2.11. The van der Waals surface area contributed by atoms with Crippen molar-refractivity contribution in [3.05, 3.63) is 0 Å². The lowest BCUT2D eigenvalue weighted by Crippen LogP contribution is -2.47. The van der Waals surface area contributed by atoms with Crippen molar-refractivity contribution in [1.29, 1.82) is 0 Å². The Hall–Kier alpha value is -0.160. The molecule has 0 heterocycles. The van der Waals surface area contributed by atoms with Crippen molar-refractivity contribution in [2.24, 2.45) is 0 Å². The zero-order valence-corrected chi connectivity index (χ0v) is 12.3. The Bertz CT molecular complexity index is 200. The van der Waals surface area contributed by atoms with Gasteiger partial charge in [-0.1, -0.05) is 0 Å². The first kappa shape index (κ1) is 16.8. The van der Waals surface area contributed by atoms with E-state index >= 15 is 0 Å². The Labute approximate surface area is 106 Å². The minimum Gasteiger partial charge on any atom is -0.395 e. The molecule has 0 atom stereocenters. The Kier molecular flexibility index (Phi) is 7.24. The molecule has 0 aliphatic heterocycles. The molecule has 0 aromatic rings. The fourth-order valence-electron chi connectivity index (χ4n) is 1.38. The molecule has 0 fully saturated rings. The molecule has 4 heteroatoms. The second-order valence-electron chi connectivity index (χ2n) is 6.19. The Morgan fingerprint density at radius 3 is 2.24 bits per heavy atom. The second-order valence-corrected chi connectivity index (χ2v) is 6.19. The summed E-state index contributed by atoms with van der Waals surface area (Å²) in [6.07, 6.45) is 0. The summed E-state index contributed by atoms with van der Waals surface area (Å²) in [4.78, 5) is 2.12. The zero-order valence-electron chi connectivity index (χ0n) is 12.3. The molecule has 0 radical (unpaired) electrons. The average molecular weight is 246 g/mol. The SMILES string of the molecule is CN(CCO)C(C)(C)COCCNC(C)(C)C. The lowest BCUT2D eigenvalue weighted by atomic mass is 10.1. The number of nitrogens with one attached hydrogen (secondary N) is 1. The molecule has 0 saturated carbocycles. The van der Waals surface area contributed by atoms with Crippen LogP contribution in [-0.2, 0) is 4.74 Å². The van der Waals surface area contributed by atoms with Crippen LogP contribution in [0.2, 0.25) is 0 Å². The number of β-amino-alcohol motifs (C(OH)–C–C–N with tert-alkyl or cyclic N) is 1. The number of likely N-dealkylation sites (N-methyl/N-ethyl adjacent to an activating group) is 1. The van der Waals surface area contributed by atoms with Gasteiger partial charge < -0.3 is 15.2 Å². The molecule has 104 valence electrons. The van der Waals surface area contributed by atoms with Gasteiger partial charge >= 0.3 is 0 Å². The Balaban J connectivity index is 3.72. The smallest absolute Gasteiger partial charge is 0.0645 e. The van der Waals surface area contributed by atoms with E-state index in [1.807, 2.05) is 7.05 Å². The van der Waals surface area contributed by atoms with Crippen molar-refractivity contribution >= 4 is 0 Å². The summed E-state index contributed by atoms with van der Waals surface area (Å²) in [5.41, 5.74) is 0.108. The van der Waals surface area contributed by atoms with Crippen LogP contribution in [0.3, 0.4) is 0 Å². The molecule has 0 bridgehead atoms. The van der Waals surface area contributed by atoms with Gasteiger partial charge in [0, 0.05) is 24.2 Å². The van der Waals surface area contributed by atoms with Crippen molar-refractivity contribution in [2.45, 2.75) is 45.7 Å². The van der Waals surface area contributed by atoms with Crippen LogP contribution in [0, 0.1) is 0 Å². The number of ether oxygens (including phenoxy) is 1. The summed E-state index contributed by atoms with van der Waals surface area (Å²) in [6.45, 7) is 13.8. The quantitative estimate of drug-likeness (QED) is 0.629. The van der Waals surface area contributed by atoms with Crippen LogP contribution >= 0.6 is 0 Å². The summed E-state index contributed by atoms with van der Waals surface area (Å²) in [6, 6.07) is 0. The van der Waals surface area contributed by atoms with E-state index in [1.54, 1.807) is 0 Å². The van der Waals surface area contributed by atoms with E-state index in [4.69, 9.17) is 9.84 Å². The largest absolute Gasteiger partial charge is 0.395 e. The molecule has 0 spiro atoms. The minimum absolute atomic E-state index is 0.0372. The molecule has 0 rings (SSSR count). The Morgan fingerprint density at radius 2 is 1.76 bits per heavy atom. The maximum atomic E-state index is 8.91. The number of aliphatic hydroxyl groups excluding tert-OH is 1. The lowest BCUT2D eigenvalue weighted by molar-refractivity contribution is 0.0179. The fraction of sp³-hybridized carbons (Fsp3) is 1.00. The number of rotatable bonds is 8. The van der Waals surface area contributed by atoms with Crippen molar-refractivity contribution in [3.8, 4) is 0 Å². The van der Waals surface area contributed by atoms with Crippen LogP contribution in [0.15, 0.2) is 0 Å². The van der Waals surface area contributed by atoms with Crippen LogP contribution in [0.1, 0.15) is 34.6 Å².